The van der Waals surface area contributed by atoms with Crippen molar-refractivity contribution < 1.29 is 0 Å². The molecule has 0 unspecified atom stereocenters. The zero-order valence-corrected chi connectivity index (χ0v) is 17.6. The van der Waals surface area contributed by atoms with E-state index in [1.54, 1.807) is 0 Å². The molecule has 2 heterocycles. The molecule has 0 atom stereocenters. The number of aliphatic imine (C=N–C) groups is 1. The fourth-order valence-corrected chi connectivity index (χ4v) is 4.05. The molecule has 2 aliphatic rings. The minimum atomic E-state index is 0. The minimum Gasteiger partial charge on any atom is -0.370 e. The van der Waals surface area contributed by atoms with E-state index >= 15 is 0 Å². The third kappa shape index (κ3) is 5.44. The molecule has 0 bridgehead atoms. The number of nitrogens with two attached hydrogens (primary N) is 1. The number of likely N-dealkylation sites (tertiary alicyclic amines) is 1. The van der Waals surface area contributed by atoms with Crippen LogP contribution in [0.1, 0.15) is 25.3 Å². The highest BCUT2D eigenvalue weighted by Gasteiger charge is 2.16. The monoisotopic (exact) mass is 460 g/mol. The van der Waals surface area contributed by atoms with Crippen LogP contribution < -0.4 is 10.6 Å². The molecule has 24 heavy (non-hydrogen) atoms. The third-order valence-corrected chi connectivity index (χ3v) is 5.79. The van der Waals surface area contributed by atoms with E-state index < -0.39 is 0 Å². The number of thioether (sulfide) groups is 1. The standard InChI is InChI=1S/C18H28N4S.HI/c1-15-6-8-22(9-7-15)18(19)20-14-16-2-4-17(5-3-16)21-10-12-23-13-11-21;/h2-5,15H,6-14H2,1H3,(H2,19,20);1H. The molecule has 0 saturated carbocycles. The van der Waals surface area contributed by atoms with E-state index in [1.165, 1.54) is 35.6 Å². The normalized spacial score (nSPS) is 20.0. The van der Waals surface area contributed by atoms with Crippen LogP contribution in [-0.2, 0) is 6.54 Å². The second-order valence-electron chi connectivity index (χ2n) is 6.61. The van der Waals surface area contributed by atoms with Crippen LogP contribution in [0.4, 0.5) is 5.69 Å². The molecule has 2 aliphatic heterocycles. The summed E-state index contributed by atoms with van der Waals surface area (Å²) in [6.45, 7) is 7.39. The molecule has 2 fully saturated rings. The average Bonchev–Trinajstić information content (AvgIpc) is 2.61. The molecular weight excluding hydrogens is 431 g/mol. The van der Waals surface area contributed by atoms with Crippen LogP contribution in [0.15, 0.2) is 29.3 Å². The highest BCUT2D eigenvalue weighted by molar-refractivity contribution is 14.0. The first-order valence-corrected chi connectivity index (χ1v) is 9.84. The Labute approximate surface area is 167 Å². The molecule has 134 valence electrons. The van der Waals surface area contributed by atoms with Gasteiger partial charge in [-0.1, -0.05) is 19.1 Å². The Morgan fingerprint density at radius 3 is 2.38 bits per heavy atom. The molecule has 2 N–H and O–H groups in total. The predicted molar refractivity (Wildman–Crippen MR) is 117 cm³/mol. The summed E-state index contributed by atoms with van der Waals surface area (Å²) < 4.78 is 0. The number of hydrogen-bond donors (Lipinski definition) is 1. The maximum atomic E-state index is 6.15. The first-order chi connectivity index (χ1) is 11.2. The summed E-state index contributed by atoms with van der Waals surface area (Å²) in [5.74, 6) is 3.99. The van der Waals surface area contributed by atoms with E-state index in [-0.39, 0.29) is 24.0 Å². The van der Waals surface area contributed by atoms with E-state index in [4.69, 9.17) is 5.73 Å². The molecule has 1 aromatic rings. The molecule has 0 radical (unpaired) electrons. The lowest BCUT2D eigenvalue weighted by Gasteiger charge is -2.31. The third-order valence-electron chi connectivity index (χ3n) is 4.84. The van der Waals surface area contributed by atoms with Gasteiger partial charge in [-0.2, -0.15) is 11.8 Å². The molecule has 4 nitrogen and oxygen atoms in total. The molecular formula is C18H29IN4S. The average molecular weight is 460 g/mol. The maximum absolute atomic E-state index is 6.15. The van der Waals surface area contributed by atoms with Crippen molar-refractivity contribution in [1.29, 1.82) is 0 Å². The fraction of sp³-hybridized carbons (Fsp3) is 0.611. The van der Waals surface area contributed by atoms with Gasteiger partial charge in [0.2, 0.25) is 0 Å². The highest BCUT2D eigenvalue weighted by Crippen LogP contribution is 2.20. The van der Waals surface area contributed by atoms with Crippen LogP contribution >= 0.6 is 35.7 Å². The summed E-state index contributed by atoms with van der Waals surface area (Å²) in [6.07, 6.45) is 2.44. The summed E-state index contributed by atoms with van der Waals surface area (Å²) >= 11 is 2.04. The summed E-state index contributed by atoms with van der Waals surface area (Å²) in [5.41, 5.74) is 8.71. The van der Waals surface area contributed by atoms with Crippen molar-refractivity contribution in [3.63, 3.8) is 0 Å². The maximum Gasteiger partial charge on any atom is 0.191 e. The molecule has 0 spiro atoms. The minimum absolute atomic E-state index is 0. The van der Waals surface area contributed by atoms with Gasteiger partial charge in [-0.25, -0.2) is 4.99 Å². The molecule has 1 aromatic carbocycles. The quantitative estimate of drug-likeness (QED) is 0.427. The Morgan fingerprint density at radius 2 is 1.75 bits per heavy atom. The molecule has 0 aromatic heterocycles. The summed E-state index contributed by atoms with van der Waals surface area (Å²) in [4.78, 5) is 9.28. The van der Waals surface area contributed by atoms with Crippen LogP contribution in [0.5, 0.6) is 0 Å². The molecule has 2 saturated heterocycles. The SMILES string of the molecule is CC1CCN(C(N)=NCc2ccc(N3CCSCC3)cc2)CC1.I. The van der Waals surface area contributed by atoms with Crippen molar-refractivity contribution in [2.24, 2.45) is 16.6 Å². The Bertz CT molecular complexity index is 520. The van der Waals surface area contributed by atoms with Gasteiger partial charge >= 0.3 is 0 Å². The van der Waals surface area contributed by atoms with Crippen LogP contribution in [0.3, 0.4) is 0 Å². The zero-order valence-electron chi connectivity index (χ0n) is 14.5. The number of nitrogens with zero attached hydrogens (tertiary/aromatic N) is 3. The number of benzene rings is 1. The second kappa shape index (κ2) is 9.75. The van der Waals surface area contributed by atoms with E-state index in [2.05, 4.69) is 46.0 Å². The molecule has 0 amide bonds. The van der Waals surface area contributed by atoms with Crippen molar-refractivity contribution in [2.75, 3.05) is 42.6 Å². The zero-order chi connectivity index (χ0) is 16.1. The van der Waals surface area contributed by atoms with Gasteiger partial charge in [-0.05, 0) is 36.5 Å². The largest absolute Gasteiger partial charge is 0.370 e. The molecule has 3 rings (SSSR count). The lowest BCUT2D eigenvalue weighted by Crippen LogP contribution is -2.42. The lowest BCUT2D eigenvalue weighted by molar-refractivity contribution is 0.277. The van der Waals surface area contributed by atoms with Gasteiger partial charge in [0, 0.05) is 43.4 Å². The Kier molecular flexibility index (Phi) is 8.00. The first kappa shape index (κ1) is 19.7. The topological polar surface area (TPSA) is 44.9 Å². The predicted octanol–water partition coefficient (Wildman–Crippen LogP) is 3.40. The number of anilines is 1. The van der Waals surface area contributed by atoms with Crippen molar-refractivity contribution >= 4 is 47.4 Å². The van der Waals surface area contributed by atoms with E-state index in [0.29, 0.717) is 12.5 Å². The molecule has 0 aliphatic carbocycles. The van der Waals surface area contributed by atoms with E-state index in [0.717, 1.165) is 32.1 Å². The van der Waals surface area contributed by atoms with Gasteiger partial charge in [-0.15, -0.1) is 24.0 Å². The van der Waals surface area contributed by atoms with E-state index in [9.17, 15) is 0 Å². The summed E-state index contributed by atoms with van der Waals surface area (Å²) in [5, 5.41) is 0. The van der Waals surface area contributed by atoms with Gasteiger partial charge in [-0.3, -0.25) is 0 Å². The van der Waals surface area contributed by atoms with Crippen LogP contribution in [0, 0.1) is 5.92 Å². The van der Waals surface area contributed by atoms with E-state index in [1.807, 2.05) is 11.8 Å². The fourth-order valence-electron chi connectivity index (χ4n) is 3.14. The van der Waals surface area contributed by atoms with Crippen molar-refractivity contribution in [1.82, 2.24) is 4.90 Å². The summed E-state index contributed by atoms with van der Waals surface area (Å²) in [7, 11) is 0. The first-order valence-electron chi connectivity index (χ1n) is 8.69. The Morgan fingerprint density at radius 1 is 1.12 bits per heavy atom. The van der Waals surface area contributed by atoms with Crippen LogP contribution in [0.25, 0.3) is 0 Å². The smallest absolute Gasteiger partial charge is 0.191 e. The number of hydrogen-bond acceptors (Lipinski definition) is 3. The van der Waals surface area contributed by atoms with Gasteiger partial charge in [0.05, 0.1) is 6.54 Å². The van der Waals surface area contributed by atoms with Gasteiger partial charge in [0.25, 0.3) is 0 Å². The van der Waals surface area contributed by atoms with Gasteiger partial charge < -0.3 is 15.5 Å². The number of halogens is 1. The molecule has 6 heteroatoms. The van der Waals surface area contributed by atoms with Crippen LogP contribution in [-0.4, -0.2) is 48.5 Å². The van der Waals surface area contributed by atoms with Crippen LogP contribution in [0.2, 0.25) is 0 Å². The van der Waals surface area contributed by atoms with Crippen molar-refractivity contribution in [3.8, 4) is 0 Å². The van der Waals surface area contributed by atoms with Crippen molar-refractivity contribution in [2.45, 2.75) is 26.3 Å². The van der Waals surface area contributed by atoms with Gasteiger partial charge in [0.15, 0.2) is 5.96 Å². The Hall–Kier alpha value is -0.630. The Balaban J connectivity index is 0.00000208. The van der Waals surface area contributed by atoms with Crippen molar-refractivity contribution in [3.05, 3.63) is 29.8 Å². The van der Waals surface area contributed by atoms with Gasteiger partial charge in [0.1, 0.15) is 0 Å². The highest BCUT2D eigenvalue weighted by atomic mass is 127. The second-order valence-corrected chi connectivity index (χ2v) is 7.83. The number of piperidine rings is 1. The lowest BCUT2D eigenvalue weighted by atomic mass is 10.00. The number of rotatable bonds is 3. The number of guanidine groups is 1. The summed E-state index contributed by atoms with van der Waals surface area (Å²) in [6, 6.07) is 8.82.